The van der Waals surface area contributed by atoms with Crippen molar-refractivity contribution in [1.29, 1.82) is 0 Å². The van der Waals surface area contributed by atoms with Gasteiger partial charge in [-0.2, -0.15) is 0 Å². The summed E-state index contributed by atoms with van der Waals surface area (Å²) in [7, 11) is 0. The second-order valence-corrected chi connectivity index (χ2v) is 6.39. The lowest BCUT2D eigenvalue weighted by atomic mass is 10.1. The lowest BCUT2D eigenvalue weighted by Gasteiger charge is -2.10. The van der Waals surface area contributed by atoms with Crippen LogP contribution >= 0.6 is 34.2 Å². The molecule has 2 aromatic rings. The maximum atomic E-state index is 13.3. The molecule has 1 heterocycles. The van der Waals surface area contributed by atoms with Crippen LogP contribution in [0.2, 0.25) is 5.15 Å². The first-order chi connectivity index (χ1) is 9.79. The van der Waals surface area contributed by atoms with E-state index in [9.17, 15) is 13.2 Å². The normalized spacial score (nSPS) is 11.2. The van der Waals surface area contributed by atoms with Gasteiger partial charge >= 0.3 is 0 Å². The molecule has 0 amide bonds. The van der Waals surface area contributed by atoms with Crippen LogP contribution in [0, 0.1) is 26.9 Å². The van der Waals surface area contributed by atoms with Gasteiger partial charge in [-0.25, -0.2) is 23.1 Å². The number of hydrogen-bond donors (Lipinski definition) is 0. The van der Waals surface area contributed by atoms with E-state index in [0.29, 0.717) is 21.6 Å². The first-order valence-corrected chi connectivity index (χ1v) is 7.62. The summed E-state index contributed by atoms with van der Waals surface area (Å²) in [5, 5.41) is 0.210. The molecule has 0 spiro atoms. The van der Waals surface area contributed by atoms with E-state index in [4.69, 9.17) is 11.6 Å². The smallest absolute Gasteiger partial charge is 0.194 e. The van der Waals surface area contributed by atoms with E-state index in [-0.39, 0.29) is 16.5 Å². The van der Waals surface area contributed by atoms with Crippen molar-refractivity contribution in [3.05, 3.63) is 44.0 Å². The van der Waals surface area contributed by atoms with E-state index in [1.807, 2.05) is 36.4 Å². The molecule has 2 rings (SSSR count). The Morgan fingerprint density at radius 3 is 2.24 bits per heavy atom. The number of nitrogens with zero attached hydrogens (tertiary/aromatic N) is 2. The van der Waals surface area contributed by atoms with Crippen molar-refractivity contribution in [3.63, 3.8) is 0 Å². The van der Waals surface area contributed by atoms with Gasteiger partial charge in [0.05, 0.1) is 9.26 Å². The van der Waals surface area contributed by atoms with Crippen molar-refractivity contribution in [2.24, 2.45) is 5.92 Å². The highest BCUT2D eigenvalue weighted by Crippen LogP contribution is 2.27. The summed E-state index contributed by atoms with van der Waals surface area (Å²) in [6, 6.07) is 1.71. The second kappa shape index (κ2) is 6.48. The van der Waals surface area contributed by atoms with Gasteiger partial charge in [0.2, 0.25) is 0 Å². The van der Waals surface area contributed by atoms with Crippen molar-refractivity contribution >= 4 is 34.2 Å². The van der Waals surface area contributed by atoms with Gasteiger partial charge < -0.3 is 0 Å². The summed E-state index contributed by atoms with van der Waals surface area (Å²) in [6.07, 6.45) is 0.652. The number of benzene rings is 1. The number of hydrogen-bond acceptors (Lipinski definition) is 2. The van der Waals surface area contributed by atoms with E-state index in [1.165, 1.54) is 0 Å². The van der Waals surface area contributed by atoms with Gasteiger partial charge in [-0.15, -0.1) is 0 Å². The Morgan fingerprint density at radius 2 is 1.71 bits per heavy atom. The molecule has 0 unspecified atom stereocenters. The Morgan fingerprint density at radius 1 is 1.14 bits per heavy atom. The van der Waals surface area contributed by atoms with Crippen molar-refractivity contribution < 1.29 is 13.2 Å². The second-order valence-electron chi connectivity index (χ2n) is 4.95. The van der Waals surface area contributed by atoms with Crippen LogP contribution in [-0.2, 0) is 6.42 Å². The predicted molar refractivity (Wildman–Crippen MR) is 83.6 cm³/mol. The van der Waals surface area contributed by atoms with E-state index < -0.39 is 17.5 Å². The molecular formula is C14H11ClF3IN2. The number of halogens is 5. The maximum absolute atomic E-state index is 13.3. The molecule has 0 saturated carbocycles. The van der Waals surface area contributed by atoms with Gasteiger partial charge in [0.1, 0.15) is 5.15 Å². The Hall–Kier alpha value is -0.890. The van der Waals surface area contributed by atoms with Gasteiger partial charge in [-0.1, -0.05) is 25.4 Å². The third-order valence-electron chi connectivity index (χ3n) is 2.72. The minimum absolute atomic E-state index is 0.0507. The van der Waals surface area contributed by atoms with E-state index in [0.717, 1.165) is 12.1 Å². The summed E-state index contributed by atoms with van der Waals surface area (Å²) in [6.45, 7) is 4.03. The van der Waals surface area contributed by atoms with Crippen molar-refractivity contribution in [2.45, 2.75) is 20.3 Å². The summed E-state index contributed by atoms with van der Waals surface area (Å²) in [4.78, 5) is 8.31. The van der Waals surface area contributed by atoms with Crippen LogP contribution in [-0.4, -0.2) is 9.97 Å². The quantitative estimate of drug-likeness (QED) is 0.391. The topological polar surface area (TPSA) is 25.8 Å². The third-order valence-corrected chi connectivity index (χ3v) is 4.45. The zero-order valence-corrected chi connectivity index (χ0v) is 14.1. The Bertz CT molecular complexity index is 669. The Labute approximate surface area is 138 Å². The molecule has 21 heavy (non-hydrogen) atoms. The SMILES string of the molecule is CC(C)Cc1nc(-c2cc(F)c(F)c(F)c2)nc(Cl)c1I. The molecule has 0 N–H and O–H groups in total. The van der Waals surface area contributed by atoms with Crippen LogP contribution in [0.3, 0.4) is 0 Å². The maximum Gasteiger partial charge on any atom is 0.194 e. The molecule has 0 bridgehead atoms. The van der Waals surface area contributed by atoms with Crippen LogP contribution in [0.5, 0.6) is 0 Å². The largest absolute Gasteiger partial charge is 0.232 e. The first-order valence-electron chi connectivity index (χ1n) is 6.16. The predicted octanol–water partition coefficient (Wildman–Crippen LogP) is 5.02. The van der Waals surface area contributed by atoms with Crippen LogP contribution in [0.4, 0.5) is 13.2 Å². The fraction of sp³-hybridized carbons (Fsp3) is 0.286. The molecule has 0 aliphatic carbocycles. The minimum atomic E-state index is -1.52. The highest BCUT2D eigenvalue weighted by molar-refractivity contribution is 14.1. The van der Waals surface area contributed by atoms with Crippen LogP contribution in [0.15, 0.2) is 12.1 Å². The minimum Gasteiger partial charge on any atom is -0.232 e. The molecule has 1 aromatic heterocycles. The Kier molecular flexibility index (Phi) is 5.08. The van der Waals surface area contributed by atoms with Gasteiger partial charge in [-0.3, -0.25) is 0 Å². The zero-order valence-electron chi connectivity index (χ0n) is 11.2. The van der Waals surface area contributed by atoms with Crippen molar-refractivity contribution in [2.75, 3.05) is 0 Å². The molecular weight excluding hydrogens is 416 g/mol. The lowest BCUT2D eigenvalue weighted by Crippen LogP contribution is -2.05. The fourth-order valence-electron chi connectivity index (χ4n) is 1.80. The Balaban J connectivity index is 2.57. The molecule has 0 saturated heterocycles. The molecule has 7 heteroatoms. The molecule has 0 aliphatic rings. The number of aromatic nitrogens is 2. The molecule has 1 aromatic carbocycles. The monoisotopic (exact) mass is 426 g/mol. The van der Waals surface area contributed by atoms with Crippen LogP contribution in [0.1, 0.15) is 19.5 Å². The molecule has 0 fully saturated rings. The zero-order chi connectivity index (χ0) is 15.7. The molecule has 0 atom stereocenters. The first kappa shape index (κ1) is 16.5. The standard InChI is InChI=1S/C14H11ClF3IN2/c1-6(2)3-10-12(19)13(15)21-14(20-10)7-4-8(16)11(18)9(17)5-7/h4-6H,3H2,1-2H3. The van der Waals surface area contributed by atoms with Gasteiger partial charge in [-0.05, 0) is 47.1 Å². The van der Waals surface area contributed by atoms with Crippen molar-refractivity contribution in [1.82, 2.24) is 9.97 Å². The van der Waals surface area contributed by atoms with Gasteiger partial charge in [0.25, 0.3) is 0 Å². The van der Waals surface area contributed by atoms with Crippen LogP contribution in [0.25, 0.3) is 11.4 Å². The summed E-state index contributed by atoms with van der Waals surface area (Å²) >= 11 is 8.07. The highest BCUT2D eigenvalue weighted by atomic mass is 127. The molecule has 0 radical (unpaired) electrons. The average Bonchev–Trinajstić information content (AvgIpc) is 2.39. The average molecular weight is 427 g/mol. The lowest BCUT2D eigenvalue weighted by molar-refractivity contribution is 0.447. The third kappa shape index (κ3) is 3.66. The highest BCUT2D eigenvalue weighted by Gasteiger charge is 2.17. The van der Waals surface area contributed by atoms with E-state index in [1.54, 1.807) is 0 Å². The number of rotatable bonds is 3. The van der Waals surface area contributed by atoms with Crippen molar-refractivity contribution in [3.8, 4) is 11.4 Å². The molecule has 0 aliphatic heterocycles. The van der Waals surface area contributed by atoms with E-state index in [2.05, 4.69) is 9.97 Å². The molecule has 112 valence electrons. The molecule has 2 nitrogen and oxygen atoms in total. The van der Waals surface area contributed by atoms with Crippen LogP contribution < -0.4 is 0 Å². The van der Waals surface area contributed by atoms with Gasteiger partial charge in [0.15, 0.2) is 23.3 Å². The van der Waals surface area contributed by atoms with E-state index >= 15 is 0 Å². The fourth-order valence-corrected chi connectivity index (χ4v) is 2.45. The summed E-state index contributed by atoms with van der Waals surface area (Å²) in [5.74, 6) is -3.67. The van der Waals surface area contributed by atoms with Gasteiger partial charge in [0, 0.05) is 5.56 Å². The summed E-state index contributed by atoms with van der Waals surface area (Å²) < 4.78 is 40.3. The summed E-state index contributed by atoms with van der Waals surface area (Å²) in [5.41, 5.74) is 0.750.